The molecule has 174 valence electrons. The first-order valence-corrected chi connectivity index (χ1v) is 11.1. The fraction of sp³-hybridized carbons (Fsp3) is 0.172. The van der Waals surface area contributed by atoms with E-state index in [0.29, 0.717) is 11.5 Å². The minimum Gasteiger partial charge on any atom is -0.508 e. The summed E-state index contributed by atoms with van der Waals surface area (Å²) in [7, 11) is 0. The molecule has 0 saturated carbocycles. The van der Waals surface area contributed by atoms with E-state index in [1.165, 1.54) is 0 Å². The Hall–Kier alpha value is -4.12. The lowest BCUT2D eigenvalue weighted by molar-refractivity contribution is 0.461. The number of rotatable bonds is 5. The highest BCUT2D eigenvalue weighted by Gasteiger charge is 2.20. The summed E-state index contributed by atoms with van der Waals surface area (Å²) in [5, 5.41) is 30.6. The van der Waals surface area contributed by atoms with Crippen LogP contribution in [0, 0.1) is 34.6 Å². The number of hydrogen-bond donors (Lipinski definition) is 3. The van der Waals surface area contributed by atoms with Crippen LogP contribution in [-0.2, 0) is 0 Å². The third-order valence-electron chi connectivity index (χ3n) is 6.19. The van der Waals surface area contributed by atoms with E-state index in [-0.39, 0.29) is 17.2 Å². The van der Waals surface area contributed by atoms with Gasteiger partial charge in [-0.15, -0.1) is 0 Å². The molecule has 0 aliphatic heterocycles. The lowest BCUT2D eigenvalue weighted by Gasteiger charge is -2.30. The highest BCUT2D eigenvalue weighted by Crippen LogP contribution is 2.43. The minimum atomic E-state index is 0.171. The average Bonchev–Trinajstić information content (AvgIpc) is 2.77. The molecule has 0 aliphatic carbocycles. The van der Waals surface area contributed by atoms with Gasteiger partial charge in [0, 0.05) is 23.9 Å². The van der Waals surface area contributed by atoms with Gasteiger partial charge >= 0.3 is 0 Å². The molecule has 5 heteroatoms. The second-order valence-corrected chi connectivity index (χ2v) is 8.70. The van der Waals surface area contributed by atoms with E-state index < -0.39 is 0 Å². The molecule has 0 unspecified atom stereocenters. The van der Waals surface area contributed by atoms with Gasteiger partial charge in [-0.2, -0.15) is 0 Å². The molecule has 4 aromatic carbocycles. The maximum absolute atomic E-state index is 10.4. The van der Waals surface area contributed by atoms with Crippen LogP contribution >= 0.6 is 0 Å². The molecule has 0 saturated heterocycles. The molecule has 0 aliphatic rings. The summed E-state index contributed by atoms with van der Waals surface area (Å²) >= 11 is 0. The third-order valence-corrected chi connectivity index (χ3v) is 6.19. The fourth-order valence-corrected chi connectivity index (χ4v) is 4.08. The number of benzene rings is 4. The van der Waals surface area contributed by atoms with Crippen molar-refractivity contribution in [3.8, 4) is 28.7 Å². The Morgan fingerprint density at radius 2 is 1.15 bits per heavy atom. The molecule has 3 N–H and O–H groups in total. The lowest BCUT2D eigenvalue weighted by Crippen LogP contribution is -2.14. The Morgan fingerprint density at radius 1 is 0.588 bits per heavy atom. The van der Waals surface area contributed by atoms with Crippen molar-refractivity contribution in [3.63, 3.8) is 0 Å². The van der Waals surface area contributed by atoms with Gasteiger partial charge in [0.05, 0.1) is 11.4 Å². The Morgan fingerprint density at radius 3 is 1.71 bits per heavy atom. The fourth-order valence-electron chi connectivity index (χ4n) is 4.08. The van der Waals surface area contributed by atoms with Crippen LogP contribution in [-0.4, -0.2) is 15.3 Å². The number of aryl methyl sites for hydroxylation is 3. The van der Waals surface area contributed by atoms with Gasteiger partial charge in [0.1, 0.15) is 28.7 Å². The molecule has 0 bridgehead atoms. The number of hydrogen-bond acceptors (Lipinski definition) is 5. The zero-order valence-corrected chi connectivity index (χ0v) is 20.0. The van der Waals surface area contributed by atoms with Crippen LogP contribution in [0.15, 0.2) is 66.7 Å². The standard InChI is InChI=1S/C29H29NO4/c1-17-11-24(32)15-27(20(17)4)30(28-16-25(33)12-18(2)21(28)5)22-7-6-8-26(14-22)34-29-10-9-23(31)13-19(29)3/h6-16,31-33H,1-5H3. The van der Waals surface area contributed by atoms with Gasteiger partial charge in [0.25, 0.3) is 0 Å². The second kappa shape index (κ2) is 9.02. The van der Waals surface area contributed by atoms with Crippen molar-refractivity contribution in [1.82, 2.24) is 0 Å². The van der Waals surface area contributed by atoms with Crippen molar-refractivity contribution in [2.45, 2.75) is 34.6 Å². The summed E-state index contributed by atoms with van der Waals surface area (Å²) in [5.74, 6) is 1.80. The summed E-state index contributed by atoms with van der Waals surface area (Å²) in [4.78, 5) is 2.03. The topological polar surface area (TPSA) is 73.2 Å². The van der Waals surface area contributed by atoms with Gasteiger partial charge in [-0.3, -0.25) is 0 Å². The van der Waals surface area contributed by atoms with Crippen molar-refractivity contribution in [2.75, 3.05) is 4.90 Å². The maximum Gasteiger partial charge on any atom is 0.130 e. The molecular formula is C29H29NO4. The Kier molecular flexibility index (Phi) is 6.12. The molecule has 5 nitrogen and oxygen atoms in total. The van der Waals surface area contributed by atoms with Gasteiger partial charge in [-0.1, -0.05) is 6.07 Å². The summed E-state index contributed by atoms with van der Waals surface area (Å²) in [6.45, 7) is 9.84. The number of phenols is 3. The van der Waals surface area contributed by atoms with Crippen LogP contribution < -0.4 is 9.64 Å². The van der Waals surface area contributed by atoms with E-state index in [4.69, 9.17) is 4.74 Å². The van der Waals surface area contributed by atoms with Crippen LogP contribution in [0.4, 0.5) is 17.1 Å². The number of aromatic hydroxyl groups is 3. The van der Waals surface area contributed by atoms with Gasteiger partial charge in [0.15, 0.2) is 0 Å². The Bertz CT molecular complexity index is 1320. The minimum absolute atomic E-state index is 0.171. The largest absolute Gasteiger partial charge is 0.508 e. The van der Waals surface area contributed by atoms with Crippen LogP contribution in [0.3, 0.4) is 0 Å². The van der Waals surface area contributed by atoms with Crippen molar-refractivity contribution in [2.24, 2.45) is 0 Å². The SMILES string of the molecule is Cc1cc(O)ccc1Oc1cccc(N(c2cc(O)cc(C)c2C)c2cc(O)cc(C)c2C)c1. The van der Waals surface area contributed by atoms with E-state index in [2.05, 4.69) is 0 Å². The van der Waals surface area contributed by atoms with Crippen LogP contribution in [0.5, 0.6) is 28.7 Å². The summed E-state index contributed by atoms with van der Waals surface area (Å²) in [5.41, 5.74) is 7.20. The molecule has 0 amide bonds. The Labute approximate surface area is 200 Å². The van der Waals surface area contributed by atoms with Gasteiger partial charge in [-0.05, 0) is 105 Å². The van der Waals surface area contributed by atoms with E-state index >= 15 is 0 Å². The van der Waals surface area contributed by atoms with E-state index in [1.54, 1.807) is 42.5 Å². The summed E-state index contributed by atoms with van der Waals surface area (Å²) in [6, 6.07) is 19.6. The first-order valence-electron chi connectivity index (χ1n) is 11.1. The van der Waals surface area contributed by atoms with Crippen molar-refractivity contribution >= 4 is 17.1 Å². The molecule has 0 heterocycles. The smallest absolute Gasteiger partial charge is 0.130 e. The van der Waals surface area contributed by atoms with Crippen molar-refractivity contribution in [3.05, 3.63) is 94.5 Å². The molecule has 0 aromatic heterocycles. The molecule has 0 fully saturated rings. The van der Waals surface area contributed by atoms with Crippen LogP contribution in [0.1, 0.15) is 27.8 Å². The number of phenolic OH excluding ortho intramolecular Hbond substituents is 3. The molecule has 4 aromatic rings. The maximum atomic E-state index is 10.4. The zero-order chi connectivity index (χ0) is 24.6. The predicted octanol–water partition coefficient (Wildman–Crippen LogP) is 7.61. The summed E-state index contributed by atoms with van der Waals surface area (Å²) < 4.78 is 6.15. The molecule has 34 heavy (non-hydrogen) atoms. The van der Waals surface area contributed by atoms with Crippen molar-refractivity contribution < 1.29 is 20.1 Å². The number of anilines is 3. The van der Waals surface area contributed by atoms with E-state index in [9.17, 15) is 15.3 Å². The zero-order valence-electron chi connectivity index (χ0n) is 20.0. The summed E-state index contributed by atoms with van der Waals surface area (Å²) in [6.07, 6.45) is 0. The highest BCUT2D eigenvalue weighted by molar-refractivity contribution is 5.83. The quantitative estimate of drug-likeness (QED) is 0.289. The molecule has 0 atom stereocenters. The molecule has 0 radical (unpaired) electrons. The number of nitrogens with zero attached hydrogens (tertiary/aromatic N) is 1. The lowest BCUT2D eigenvalue weighted by atomic mass is 10.0. The highest BCUT2D eigenvalue weighted by atomic mass is 16.5. The van der Waals surface area contributed by atoms with Crippen molar-refractivity contribution in [1.29, 1.82) is 0 Å². The van der Waals surface area contributed by atoms with E-state index in [0.717, 1.165) is 44.9 Å². The first kappa shape index (κ1) is 23.1. The molecule has 4 rings (SSSR count). The van der Waals surface area contributed by atoms with Gasteiger partial charge < -0.3 is 25.0 Å². The average molecular weight is 456 g/mol. The van der Waals surface area contributed by atoms with Gasteiger partial charge in [0.2, 0.25) is 0 Å². The van der Waals surface area contributed by atoms with Gasteiger partial charge in [-0.25, -0.2) is 0 Å². The Balaban J connectivity index is 1.89. The monoisotopic (exact) mass is 455 g/mol. The number of ether oxygens (including phenoxy) is 1. The van der Waals surface area contributed by atoms with E-state index in [1.807, 2.05) is 63.8 Å². The van der Waals surface area contributed by atoms with Crippen LogP contribution in [0.25, 0.3) is 0 Å². The van der Waals surface area contributed by atoms with Crippen LogP contribution in [0.2, 0.25) is 0 Å². The first-order chi connectivity index (χ1) is 16.1. The normalized spacial score (nSPS) is 10.9. The second-order valence-electron chi connectivity index (χ2n) is 8.70. The molecule has 0 spiro atoms. The molecular weight excluding hydrogens is 426 g/mol. The third kappa shape index (κ3) is 4.50. The predicted molar refractivity (Wildman–Crippen MR) is 136 cm³/mol.